The molecule has 0 saturated heterocycles. The maximum Gasteiger partial charge on any atom is 0.282 e. The highest BCUT2D eigenvalue weighted by atomic mass is 79.9. The van der Waals surface area contributed by atoms with Crippen LogP contribution in [0.3, 0.4) is 0 Å². The fraction of sp³-hybridized carbons (Fsp3) is 0.562. The van der Waals surface area contributed by atoms with Crippen molar-refractivity contribution < 1.29 is 9.28 Å². The van der Waals surface area contributed by atoms with Gasteiger partial charge in [0.25, 0.3) is 5.91 Å². The van der Waals surface area contributed by atoms with Gasteiger partial charge in [0.1, 0.15) is 0 Å². The van der Waals surface area contributed by atoms with Crippen molar-refractivity contribution in [2.24, 2.45) is 0 Å². The predicted molar refractivity (Wildman–Crippen MR) is 86.6 cm³/mol. The molecule has 1 amide bonds. The molecule has 1 aromatic carbocycles. The highest BCUT2D eigenvalue weighted by Crippen LogP contribution is 2.29. The molecule has 1 fully saturated rings. The maximum atomic E-state index is 12.5. The van der Waals surface area contributed by atoms with Crippen LogP contribution in [-0.2, 0) is 4.79 Å². The molecule has 0 spiro atoms. The van der Waals surface area contributed by atoms with Crippen molar-refractivity contribution in [1.82, 2.24) is 0 Å². The van der Waals surface area contributed by atoms with E-state index in [4.69, 9.17) is 0 Å². The van der Waals surface area contributed by atoms with Crippen molar-refractivity contribution in [2.45, 2.75) is 44.7 Å². The van der Waals surface area contributed by atoms with E-state index < -0.39 is 0 Å². The molecule has 0 aliphatic heterocycles. The smallest absolute Gasteiger partial charge is 0.282 e. The van der Waals surface area contributed by atoms with Crippen LogP contribution >= 0.6 is 15.9 Å². The number of benzene rings is 1. The molecule has 4 heteroatoms. The Morgan fingerprint density at radius 2 is 1.80 bits per heavy atom. The van der Waals surface area contributed by atoms with Gasteiger partial charge in [-0.1, -0.05) is 15.9 Å². The summed E-state index contributed by atoms with van der Waals surface area (Å²) in [4.78, 5) is 12.5. The zero-order valence-corrected chi connectivity index (χ0v) is 14.1. The fourth-order valence-electron chi connectivity index (χ4n) is 2.97. The lowest BCUT2D eigenvalue weighted by atomic mass is 10.1. The summed E-state index contributed by atoms with van der Waals surface area (Å²) in [6.07, 6.45) is 5.08. The van der Waals surface area contributed by atoms with Gasteiger partial charge in [-0.3, -0.25) is 4.79 Å². The molecule has 1 aliphatic carbocycles. The highest BCUT2D eigenvalue weighted by molar-refractivity contribution is 9.10. The summed E-state index contributed by atoms with van der Waals surface area (Å²) < 4.78 is 1.80. The van der Waals surface area contributed by atoms with Crippen LogP contribution in [0.2, 0.25) is 0 Å². The number of hydrogen-bond donors (Lipinski definition) is 1. The lowest BCUT2D eigenvalue weighted by Gasteiger charge is -2.40. The lowest BCUT2D eigenvalue weighted by molar-refractivity contribution is -0.927. The number of carbonyl (C=O) groups is 1. The molecule has 0 unspecified atom stereocenters. The topological polar surface area (TPSA) is 29.1 Å². The second-order valence-corrected chi connectivity index (χ2v) is 7.16. The molecule has 2 rings (SSSR count). The van der Waals surface area contributed by atoms with Gasteiger partial charge in [-0.25, -0.2) is 0 Å². The number of nitrogens with zero attached hydrogens (tertiary/aromatic N) is 1. The third kappa shape index (κ3) is 3.41. The Bertz CT molecular complexity index is 464. The summed E-state index contributed by atoms with van der Waals surface area (Å²) in [5.41, 5.74) is 0.858. The van der Waals surface area contributed by atoms with Crippen LogP contribution in [0.4, 0.5) is 5.69 Å². The minimum atomic E-state index is -0.0400. The Morgan fingerprint density at radius 3 is 2.35 bits per heavy atom. The van der Waals surface area contributed by atoms with E-state index in [0.717, 1.165) is 14.6 Å². The molecule has 0 bridgehead atoms. The molecule has 0 radical (unpaired) electrons. The summed E-state index contributed by atoms with van der Waals surface area (Å²) in [6.45, 7) is 2.03. The monoisotopic (exact) mass is 339 g/mol. The largest absolute Gasteiger partial charge is 0.321 e. The first-order valence-corrected chi connectivity index (χ1v) is 8.10. The molecule has 1 N–H and O–H groups in total. The van der Waals surface area contributed by atoms with E-state index in [1.165, 1.54) is 25.7 Å². The Kier molecular flexibility index (Phi) is 4.86. The molecule has 0 aromatic heterocycles. The third-order valence-electron chi connectivity index (χ3n) is 4.76. The number of nitrogens with one attached hydrogen (secondary N) is 1. The van der Waals surface area contributed by atoms with Crippen molar-refractivity contribution in [1.29, 1.82) is 0 Å². The Balaban J connectivity index is 2.02. The standard InChI is InChI=1S/C16H23BrN2O/c1-12(19(2,3)15-6-4-5-7-15)16(20)18-14-10-8-13(17)9-11-14/h8-12,15H,4-7H2,1-3H3/p+1/t12-/m1/s1. The van der Waals surface area contributed by atoms with Crippen LogP contribution in [0.15, 0.2) is 28.7 Å². The van der Waals surface area contributed by atoms with E-state index in [-0.39, 0.29) is 11.9 Å². The number of amides is 1. The van der Waals surface area contributed by atoms with Gasteiger partial charge in [-0.2, -0.15) is 0 Å². The number of hydrogen-bond acceptors (Lipinski definition) is 1. The number of quaternary nitrogens is 1. The van der Waals surface area contributed by atoms with Crippen LogP contribution in [0, 0.1) is 0 Å². The second-order valence-electron chi connectivity index (χ2n) is 6.24. The fourth-order valence-corrected chi connectivity index (χ4v) is 3.23. The van der Waals surface area contributed by atoms with E-state index in [1.807, 2.05) is 31.2 Å². The summed E-state index contributed by atoms with van der Waals surface area (Å²) in [6, 6.07) is 8.30. The van der Waals surface area contributed by atoms with Gasteiger partial charge in [-0.05, 0) is 56.9 Å². The normalized spacial score (nSPS) is 18.0. The van der Waals surface area contributed by atoms with Gasteiger partial charge in [-0.15, -0.1) is 0 Å². The number of halogens is 1. The molecular weight excluding hydrogens is 316 g/mol. The number of carbonyl (C=O) groups excluding carboxylic acids is 1. The molecule has 1 aromatic rings. The van der Waals surface area contributed by atoms with Crippen molar-refractivity contribution >= 4 is 27.5 Å². The third-order valence-corrected chi connectivity index (χ3v) is 5.28. The summed E-state index contributed by atoms with van der Waals surface area (Å²) in [5, 5.41) is 3.02. The first kappa shape index (κ1) is 15.5. The van der Waals surface area contributed by atoms with Gasteiger partial charge < -0.3 is 9.80 Å². The lowest BCUT2D eigenvalue weighted by Crippen LogP contribution is -2.57. The highest BCUT2D eigenvalue weighted by Gasteiger charge is 2.39. The molecule has 0 heterocycles. The van der Waals surface area contributed by atoms with Crippen molar-refractivity contribution in [2.75, 3.05) is 19.4 Å². The van der Waals surface area contributed by atoms with Crippen molar-refractivity contribution in [3.05, 3.63) is 28.7 Å². The Labute approximate surface area is 130 Å². The van der Waals surface area contributed by atoms with Crippen molar-refractivity contribution in [3.8, 4) is 0 Å². The SMILES string of the molecule is C[C@H](C(=O)Nc1ccc(Br)cc1)[N+](C)(C)C1CCCC1. The van der Waals surface area contributed by atoms with E-state index in [2.05, 4.69) is 35.3 Å². The number of likely N-dealkylation sites (N-methyl/N-ethyl adjacent to an activating group) is 1. The van der Waals surface area contributed by atoms with E-state index in [0.29, 0.717) is 6.04 Å². The van der Waals surface area contributed by atoms with Crippen LogP contribution in [0.25, 0.3) is 0 Å². The number of rotatable bonds is 4. The van der Waals surface area contributed by atoms with Crippen LogP contribution < -0.4 is 5.32 Å². The van der Waals surface area contributed by atoms with Gasteiger partial charge in [0.15, 0.2) is 6.04 Å². The molecule has 3 nitrogen and oxygen atoms in total. The maximum absolute atomic E-state index is 12.5. The van der Waals surface area contributed by atoms with Gasteiger partial charge in [0.05, 0.1) is 20.1 Å². The predicted octanol–water partition coefficient (Wildman–Crippen LogP) is 3.80. The van der Waals surface area contributed by atoms with Crippen LogP contribution in [0.5, 0.6) is 0 Å². The minimum absolute atomic E-state index is 0.0400. The zero-order valence-electron chi connectivity index (χ0n) is 12.5. The molecule has 1 aliphatic rings. The Morgan fingerprint density at radius 1 is 1.25 bits per heavy atom. The first-order chi connectivity index (χ1) is 9.41. The summed E-state index contributed by atoms with van der Waals surface area (Å²) >= 11 is 3.40. The van der Waals surface area contributed by atoms with Gasteiger partial charge in [0.2, 0.25) is 0 Å². The zero-order chi connectivity index (χ0) is 14.8. The average molecular weight is 340 g/mol. The van der Waals surface area contributed by atoms with Crippen molar-refractivity contribution in [3.63, 3.8) is 0 Å². The molecular formula is C16H24BrN2O+. The number of anilines is 1. The Hall–Kier alpha value is -0.870. The molecule has 1 atom stereocenters. The van der Waals surface area contributed by atoms with Gasteiger partial charge in [0, 0.05) is 10.2 Å². The molecule has 20 heavy (non-hydrogen) atoms. The molecule has 110 valence electrons. The van der Waals surface area contributed by atoms with Gasteiger partial charge >= 0.3 is 0 Å². The van der Waals surface area contributed by atoms with E-state index in [9.17, 15) is 4.79 Å². The summed E-state index contributed by atoms with van der Waals surface area (Å²) in [7, 11) is 4.36. The molecule has 1 saturated carbocycles. The van der Waals surface area contributed by atoms with E-state index in [1.54, 1.807) is 0 Å². The average Bonchev–Trinajstić information content (AvgIpc) is 2.95. The minimum Gasteiger partial charge on any atom is -0.321 e. The quantitative estimate of drug-likeness (QED) is 0.830. The first-order valence-electron chi connectivity index (χ1n) is 7.31. The van der Waals surface area contributed by atoms with Crippen LogP contribution in [-0.4, -0.2) is 36.6 Å². The van der Waals surface area contributed by atoms with E-state index >= 15 is 0 Å². The van der Waals surface area contributed by atoms with Crippen LogP contribution in [0.1, 0.15) is 32.6 Å². The second kappa shape index (κ2) is 6.27. The summed E-state index contributed by atoms with van der Waals surface area (Å²) in [5.74, 6) is 0.101.